The maximum atomic E-state index is 12.9. The van der Waals surface area contributed by atoms with Crippen molar-refractivity contribution in [1.82, 2.24) is 20.0 Å². The van der Waals surface area contributed by atoms with E-state index >= 15 is 0 Å². The molecule has 0 aliphatic heterocycles. The number of aromatic nitrogens is 4. The van der Waals surface area contributed by atoms with Crippen LogP contribution < -0.4 is 9.64 Å². The predicted octanol–water partition coefficient (Wildman–Crippen LogP) is 3.62. The van der Waals surface area contributed by atoms with E-state index in [9.17, 15) is 14.7 Å². The van der Waals surface area contributed by atoms with E-state index in [1.807, 2.05) is 12.1 Å². The minimum atomic E-state index is -1.08. The van der Waals surface area contributed by atoms with Gasteiger partial charge in [0.1, 0.15) is 16.9 Å². The Morgan fingerprint density at radius 3 is 2.28 bits per heavy atom. The fraction of sp³-hybridized carbons (Fsp3) is 0.318. The van der Waals surface area contributed by atoms with Crippen molar-refractivity contribution >= 4 is 17.9 Å². The van der Waals surface area contributed by atoms with Crippen LogP contribution >= 0.6 is 0 Å². The number of carbonyl (C=O) groups excluding carboxylic acids is 1. The first-order chi connectivity index (χ1) is 15.1. The highest BCUT2D eigenvalue weighted by molar-refractivity contribution is 5.88. The molecule has 1 N–H and O–H groups in total. The summed E-state index contributed by atoms with van der Waals surface area (Å²) in [4.78, 5) is 25.5. The molecule has 0 spiro atoms. The lowest BCUT2D eigenvalue weighted by molar-refractivity contribution is 0.0575. The largest absolute Gasteiger partial charge is 0.497 e. The number of hydrogen-bond donors (Lipinski definition) is 1. The van der Waals surface area contributed by atoms with Gasteiger partial charge < -0.3 is 14.6 Å². The van der Waals surface area contributed by atoms with Crippen molar-refractivity contribution in [2.45, 2.75) is 39.8 Å². The Bertz CT molecular complexity index is 1100. The van der Waals surface area contributed by atoms with Crippen LogP contribution in [0.15, 0.2) is 42.6 Å². The zero-order chi connectivity index (χ0) is 23.5. The van der Waals surface area contributed by atoms with Crippen molar-refractivity contribution in [2.75, 3.05) is 12.0 Å². The topological polar surface area (TPSA) is 120 Å². The minimum absolute atomic E-state index is 0.0748. The molecule has 0 bridgehead atoms. The number of hydrogen-bond acceptors (Lipinski definition) is 7. The second kappa shape index (κ2) is 9.04. The summed E-state index contributed by atoms with van der Waals surface area (Å²) in [6.07, 6.45) is 0.683. The normalized spacial score (nSPS) is 11.2. The number of carboxylic acids is 1. The molecule has 2 aromatic heterocycles. The highest BCUT2D eigenvalue weighted by Gasteiger charge is 2.25. The second-order valence-corrected chi connectivity index (χ2v) is 8.02. The van der Waals surface area contributed by atoms with Crippen molar-refractivity contribution in [1.29, 1.82) is 0 Å². The average Bonchev–Trinajstić information content (AvgIpc) is 3.13. The van der Waals surface area contributed by atoms with E-state index in [1.54, 1.807) is 59.1 Å². The number of anilines is 1. The maximum absolute atomic E-state index is 12.9. The molecule has 0 radical (unpaired) electrons. The molecule has 0 saturated heterocycles. The van der Waals surface area contributed by atoms with Gasteiger partial charge in [0.15, 0.2) is 11.6 Å². The van der Waals surface area contributed by atoms with E-state index in [0.29, 0.717) is 17.3 Å². The predicted molar refractivity (Wildman–Crippen MR) is 116 cm³/mol. The summed E-state index contributed by atoms with van der Waals surface area (Å²) in [5.41, 5.74) is 0.645. The van der Waals surface area contributed by atoms with Crippen LogP contribution in [0.5, 0.6) is 5.75 Å². The lowest BCUT2D eigenvalue weighted by Crippen LogP contribution is -2.37. The summed E-state index contributed by atoms with van der Waals surface area (Å²) in [6, 6.07) is 10.5. The van der Waals surface area contributed by atoms with E-state index < -0.39 is 17.7 Å². The van der Waals surface area contributed by atoms with Crippen LogP contribution in [0.2, 0.25) is 0 Å². The third kappa shape index (κ3) is 5.20. The Kier molecular flexibility index (Phi) is 6.42. The van der Waals surface area contributed by atoms with Crippen molar-refractivity contribution in [3.05, 3.63) is 59.4 Å². The first-order valence-corrected chi connectivity index (χ1v) is 9.84. The highest BCUT2D eigenvalue weighted by atomic mass is 16.6. The van der Waals surface area contributed by atoms with Crippen molar-refractivity contribution < 1.29 is 24.2 Å². The number of rotatable bonds is 6. The van der Waals surface area contributed by atoms with Crippen molar-refractivity contribution in [2.24, 2.45) is 0 Å². The summed E-state index contributed by atoms with van der Waals surface area (Å²) in [5.74, 6) is 0.236. The van der Waals surface area contributed by atoms with Gasteiger partial charge in [-0.2, -0.15) is 5.10 Å². The lowest BCUT2D eigenvalue weighted by atomic mass is 10.2. The zero-order valence-corrected chi connectivity index (χ0v) is 18.6. The number of benzene rings is 1. The number of carboxylic acid groups (broad SMARTS) is 1. The average molecular weight is 439 g/mol. The fourth-order valence-corrected chi connectivity index (χ4v) is 2.90. The molecule has 0 atom stereocenters. The van der Waals surface area contributed by atoms with Crippen LogP contribution in [-0.4, -0.2) is 49.9 Å². The highest BCUT2D eigenvalue weighted by Crippen LogP contribution is 2.21. The molecule has 168 valence electrons. The molecule has 0 aliphatic carbocycles. The molecular weight excluding hydrogens is 414 g/mol. The van der Waals surface area contributed by atoms with Gasteiger partial charge >= 0.3 is 12.1 Å². The van der Waals surface area contributed by atoms with Crippen LogP contribution in [-0.2, 0) is 11.3 Å². The molecule has 0 aliphatic rings. The Labute approximate surface area is 185 Å². The minimum Gasteiger partial charge on any atom is -0.497 e. The number of methoxy groups -OCH3 is 1. The summed E-state index contributed by atoms with van der Waals surface area (Å²) < 4.78 is 12.1. The van der Waals surface area contributed by atoms with Gasteiger partial charge in [0, 0.05) is 0 Å². The van der Waals surface area contributed by atoms with Crippen LogP contribution in [0, 0.1) is 6.92 Å². The van der Waals surface area contributed by atoms with Crippen LogP contribution in [0.1, 0.15) is 42.4 Å². The van der Waals surface area contributed by atoms with Crippen LogP contribution in [0.3, 0.4) is 0 Å². The van der Waals surface area contributed by atoms with Gasteiger partial charge in [-0.1, -0.05) is 12.1 Å². The summed E-state index contributed by atoms with van der Waals surface area (Å²) in [6.45, 7) is 7.18. The van der Waals surface area contributed by atoms with Gasteiger partial charge in [-0.3, -0.25) is 4.90 Å². The second-order valence-electron chi connectivity index (χ2n) is 8.02. The standard InChI is InChI=1S/C22H25N5O5/c1-14-17(20(28)29)12-23-27(14)19-11-10-18(24-25-19)26(21(30)32-22(2,3)4)13-15-6-8-16(31-5)9-7-15/h6-12H,13H2,1-5H3,(H,28,29). The molecule has 1 amide bonds. The molecule has 3 rings (SSSR count). The number of carbonyl (C=O) groups is 2. The van der Waals surface area contributed by atoms with Crippen molar-refractivity contribution in [3.8, 4) is 11.6 Å². The first kappa shape index (κ1) is 22.7. The summed E-state index contributed by atoms with van der Waals surface area (Å²) in [7, 11) is 1.58. The molecular formula is C22H25N5O5. The third-order valence-electron chi connectivity index (χ3n) is 4.48. The Hall–Kier alpha value is -3.95. The van der Waals surface area contributed by atoms with Gasteiger partial charge in [-0.15, -0.1) is 10.2 Å². The molecule has 32 heavy (non-hydrogen) atoms. The molecule has 1 aromatic carbocycles. The number of amides is 1. The van der Waals surface area contributed by atoms with Gasteiger partial charge in [0.25, 0.3) is 0 Å². The molecule has 10 nitrogen and oxygen atoms in total. The molecule has 0 saturated carbocycles. The van der Waals surface area contributed by atoms with E-state index in [0.717, 1.165) is 5.56 Å². The smallest absolute Gasteiger partial charge is 0.416 e. The van der Waals surface area contributed by atoms with Gasteiger partial charge in [-0.25, -0.2) is 14.3 Å². The monoisotopic (exact) mass is 439 g/mol. The number of ether oxygens (including phenoxy) is 2. The van der Waals surface area contributed by atoms with Gasteiger partial charge in [0.2, 0.25) is 0 Å². The summed E-state index contributed by atoms with van der Waals surface area (Å²) >= 11 is 0. The quantitative estimate of drug-likeness (QED) is 0.618. The van der Waals surface area contributed by atoms with Crippen molar-refractivity contribution in [3.63, 3.8) is 0 Å². The molecule has 0 fully saturated rings. The molecule has 10 heteroatoms. The van der Waals surface area contributed by atoms with Crippen LogP contribution in [0.25, 0.3) is 5.82 Å². The lowest BCUT2D eigenvalue weighted by Gasteiger charge is -2.26. The van der Waals surface area contributed by atoms with Gasteiger partial charge in [-0.05, 0) is 57.5 Å². The SMILES string of the molecule is COc1ccc(CN(C(=O)OC(C)(C)C)c2ccc(-n3ncc(C(=O)O)c3C)nn2)cc1. The Balaban J connectivity index is 1.91. The Morgan fingerprint density at radius 1 is 1.09 bits per heavy atom. The molecule has 0 unspecified atom stereocenters. The maximum Gasteiger partial charge on any atom is 0.416 e. The fourth-order valence-electron chi connectivity index (χ4n) is 2.90. The van der Waals surface area contributed by atoms with E-state index in [4.69, 9.17) is 9.47 Å². The zero-order valence-electron chi connectivity index (χ0n) is 18.6. The van der Waals surface area contributed by atoms with E-state index in [-0.39, 0.29) is 17.9 Å². The summed E-state index contributed by atoms with van der Waals surface area (Å²) in [5, 5.41) is 21.6. The van der Waals surface area contributed by atoms with Crippen LogP contribution in [0.4, 0.5) is 10.6 Å². The van der Waals surface area contributed by atoms with E-state index in [1.165, 1.54) is 15.8 Å². The van der Waals surface area contributed by atoms with E-state index in [2.05, 4.69) is 15.3 Å². The molecule has 2 heterocycles. The third-order valence-corrected chi connectivity index (χ3v) is 4.48. The Morgan fingerprint density at radius 2 is 1.78 bits per heavy atom. The molecule has 3 aromatic rings. The van der Waals surface area contributed by atoms with Gasteiger partial charge in [0.05, 0.1) is 25.5 Å². The number of aromatic carboxylic acids is 1. The number of nitrogens with zero attached hydrogens (tertiary/aromatic N) is 5. The first-order valence-electron chi connectivity index (χ1n) is 9.84.